The summed E-state index contributed by atoms with van der Waals surface area (Å²) < 4.78 is 5.29. The standard InChI is InChI=1S/C14H15NO/c1-3-4-5-11-6-7-12-13(10-11)15-9-8-14(12)16-2/h4-10H,3H2,1-2H3/b5-4+. The molecule has 1 aromatic carbocycles. The summed E-state index contributed by atoms with van der Waals surface area (Å²) in [5.74, 6) is 0.871. The molecule has 0 aliphatic heterocycles. The maximum Gasteiger partial charge on any atom is 0.129 e. The monoisotopic (exact) mass is 213 g/mol. The summed E-state index contributed by atoms with van der Waals surface area (Å²) in [7, 11) is 1.68. The number of allylic oxidation sites excluding steroid dienone is 1. The Hall–Kier alpha value is -1.83. The fraction of sp³-hybridized carbons (Fsp3) is 0.214. The van der Waals surface area contributed by atoms with Crippen molar-refractivity contribution in [1.29, 1.82) is 0 Å². The number of aromatic nitrogens is 1. The number of methoxy groups -OCH3 is 1. The van der Waals surface area contributed by atoms with Gasteiger partial charge in [0.15, 0.2) is 0 Å². The minimum absolute atomic E-state index is 0.871. The summed E-state index contributed by atoms with van der Waals surface area (Å²) in [5, 5.41) is 1.05. The Morgan fingerprint density at radius 2 is 2.19 bits per heavy atom. The van der Waals surface area contributed by atoms with E-state index in [4.69, 9.17) is 4.74 Å². The molecular weight excluding hydrogens is 198 g/mol. The Balaban J connectivity index is 2.51. The highest BCUT2D eigenvalue weighted by Crippen LogP contribution is 2.24. The van der Waals surface area contributed by atoms with Gasteiger partial charge in [-0.1, -0.05) is 25.1 Å². The van der Waals surface area contributed by atoms with E-state index in [9.17, 15) is 0 Å². The van der Waals surface area contributed by atoms with Crippen molar-refractivity contribution >= 4 is 17.0 Å². The normalized spacial score (nSPS) is 11.1. The molecule has 1 aromatic heterocycles. The number of hydrogen-bond acceptors (Lipinski definition) is 2. The second kappa shape index (κ2) is 4.79. The summed E-state index contributed by atoms with van der Waals surface area (Å²) in [4.78, 5) is 4.34. The molecule has 0 saturated carbocycles. The lowest BCUT2D eigenvalue weighted by Gasteiger charge is -2.04. The van der Waals surface area contributed by atoms with Gasteiger partial charge in [0.2, 0.25) is 0 Å². The van der Waals surface area contributed by atoms with Gasteiger partial charge in [0.1, 0.15) is 5.75 Å². The summed E-state index contributed by atoms with van der Waals surface area (Å²) in [5.41, 5.74) is 2.15. The summed E-state index contributed by atoms with van der Waals surface area (Å²) in [6, 6.07) is 8.09. The molecule has 82 valence electrons. The van der Waals surface area contributed by atoms with E-state index in [1.165, 1.54) is 5.56 Å². The van der Waals surface area contributed by atoms with E-state index in [2.05, 4.69) is 42.3 Å². The van der Waals surface area contributed by atoms with Crippen molar-refractivity contribution in [3.8, 4) is 5.75 Å². The summed E-state index contributed by atoms with van der Waals surface area (Å²) in [6.45, 7) is 2.12. The van der Waals surface area contributed by atoms with Gasteiger partial charge in [-0.05, 0) is 30.2 Å². The van der Waals surface area contributed by atoms with Gasteiger partial charge in [-0.25, -0.2) is 0 Å². The number of pyridine rings is 1. The Morgan fingerprint density at radius 1 is 1.31 bits per heavy atom. The smallest absolute Gasteiger partial charge is 0.129 e. The number of hydrogen-bond donors (Lipinski definition) is 0. The van der Waals surface area contributed by atoms with Crippen molar-refractivity contribution < 1.29 is 4.74 Å². The van der Waals surface area contributed by atoms with E-state index in [1.807, 2.05) is 6.07 Å². The lowest BCUT2D eigenvalue weighted by molar-refractivity contribution is 0.419. The van der Waals surface area contributed by atoms with Crippen molar-refractivity contribution in [2.75, 3.05) is 7.11 Å². The quantitative estimate of drug-likeness (QED) is 0.776. The fourth-order valence-electron chi connectivity index (χ4n) is 1.67. The van der Waals surface area contributed by atoms with Crippen LogP contribution in [-0.2, 0) is 0 Å². The molecule has 2 aromatic rings. The highest BCUT2D eigenvalue weighted by Gasteiger charge is 2.01. The summed E-state index contributed by atoms with van der Waals surface area (Å²) in [6.07, 6.45) is 7.07. The lowest BCUT2D eigenvalue weighted by Crippen LogP contribution is -1.87. The first kappa shape index (κ1) is 10.7. The molecule has 0 bridgehead atoms. The zero-order chi connectivity index (χ0) is 11.4. The van der Waals surface area contributed by atoms with E-state index >= 15 is 0 Å². The molecule has 0 aliphatic carbocycles. The first-order valence-electron chi connectivity index (χ1n) is 5.44. The van der Waals surface area contributed by atoms with Gasteiger partial charge in [0, 0.05) is 11.6 Å². The van der Waals surface area contributed by atoms with E-state index in [0.717, 1.165) is 23.1 Å². The maximum atomic E-state index is 5.29. The van der Waals surface area contributed by atoms with Crippen molar-refractivity contribution in [2.45, 2.75) is 13.3 Å². The highest BCUT2D eigenvalue weighted by atomic mass is 16.5. The number of ether oxygens (including phenoxy) is 1. The van der Waals surface area contributed by atoms with Crippen LogP contribution in [0, 0.1) is 0 Å². The molecule has 0 N–H and O–H groups in total. The average molecular weight is 213 g/mol. The molecule has 0 spiro atoms. The van der Waals surface area contributed by atoms with Crippen LogP contribution in [-0.4, -0.2) is 12.1 Å². The van der Waals surface area contributed by atoms with Crippen LogP contribution < -0.4 is 4.74 Å². The van der Waals surface area contributed by atoms with Gasteiger partial charge in [-0.15, -0.1) is 0 Å². The molecule has 0 aliphatic rings. The van der Waals surface area contributed by atoms with E-state index < -0.39 is 0 Å². The van der Waals surface area contributed by atoms with Gasteiger partial charge in [0.05, 0.1) is 12.6 Å². The van der Waals surface area contributed by atoms with Crippen LogP contribution >= 0.6 is 0 Å². The van der Waals surface area contributed by atoms with Gasteiger partial charge in [-0.2, -0.15) is 0 Å². The SMILES string of the molecule is CC/C=C/c1ccc2c(OC)ccnc2c1. The molecule has 16 heavy (non-hydrogen) atoms. The van der Waals surface area contributed by atoms with Gasteiger partial charge in [-0.3, -0.25) is 4.98 Å². The lowest BCUT2D eigenvalue weighted by atomic mass is 10.1. The predicted octanol–water partition coefficient (Wildman–Crippen LogP) is 3.67. The fourth-order valence-corrected chi connectivity index (χ4v) is 1.67. The van der Waals surface area contributed by atoms with Crippen LogP contribution in [0.4, 0.5) is 0 Å². The molecule has 2 rings (SSSR count). The van der Waals surface area contributed by atoms with Crippen molar-refractivity contribution in [2.24, 2.45) is 0 Å². The molecule has 1 heterocycles. The zero-order valence-corrected chi connectivity index (χ0v) is 9.60. The predicted molar refractivity (Wildman–Crippen MR) is 67.6 cm³/mol. The van der Waals surface area contributed by atoms with Crippen LogP contribution in [0.15, 0.2) is 36.5 Å². The molecule has 0 saturated heterocycles. The minimum atomic E-state index is 0.871. The second-order valence-electron chi connectivity index (χ2n) is 3.60. The largest absolute Gasteiger partial charge is 0.496 e. The first-order valence-corrected chi connectivity index (χ1v) is 5.44. The minimum Gasteiger partial charge on any atom is -0.496 e. The molecule has 2 heteroatoms. The van der Waals surface area contributed by atoms with E-state index in [1.54, 1.807) is 13.3 Å². The van der Waals surface area contributed by atoms with Gasteiger partial charge < -0.3 is 4.74 Å². The second-order valence-corrected chi connectivity index (χ2v) is 3.60. The molecule has 0 unspecified atom stereocenters. The zero-order valence-electron chi connectivity index (χ0n) is 9.60. The van der Waals surface area contributed by atoms with E-state index in [0.29, 0.717) is 0 Å². The van der Waals surface area contributed by atoms with Crippen LogP contribution in [0.3, 0.4) is 0 Å². The third kappa shape index (κ3) is 2.06. The van der Waals surface area contributed by atoms with Crippen molar-refractivity contribution in [3.63, 3.8) is 0 Å². The van der Waals surface area contributed by atoms with Crippen molar-refractivity contribution in [1.82, 2.24) is 4.98 Å². The van der Waals surface area contributed by atoms with Gasteiger partial charge in [0.25, 0.3) is 0 Å². The number of nitrogens with zero attached hydrogens (tertiary/aromatic N) is 1. The molecule has 0 fully saturated rings. The van der Waals surface area contributed by atoms with Crippen molar-refractivity contribution in [3.05, 3.63) is 42.1 Å². The Morgan fingerprint density at radius 3 is 2.94 bits per heavy atom. The number of fused-ring (bicyclic) bond motifs is 1. The summed E-state index contributed by atoms with van der Waals surface area (Å²) >= 11 is 0. The molecular formula is C14H15NO. The Labute approximate surface area is 95.6 Å². The van der Waals surface area contributed by atoms with Crippen LogP contribution in [0.5, 0.6) is 5.75 Å². The van der Waals surface area contributed by atoms with Crippen LogP contribution in [0.1, 0.15) is 18.9 Å². The maximum absolute atomic E-state index is 5.29. The third-order valence-electron chi connectivity index (χ3n) is 2.49. The molecule has 2 nitrogen and oxygen atoms in total. The Kier molecular flexibility index (Phi) is 3.20. The first-order chi connectivity index (χ1) is 7.85. The number of rotatable bonds is 3. The topological polar surface area (TPSA) is 22.1 Å². The van der Waals surface area contributed by atoms with Gasteiger partial charge >= 0.3 is 0 Å². The number of benzene rings is 1. The Bertz CT molecular complexity index is 517. The van der Waals surface area contributed by atoms with E-state index in [-0.39, 0.29) is 0 Å². The highest BCUT2D eigenvalue weighted by molar-refractivity contribution is 5.86. The average Bonchev–Trinajstić information content (AvgIpc) is 2.35. The van der Waals surface area contributed by atoms with Crippen LogP contribution in [0.2, 0.25) is 0 Å². The molecule has 0 amide bonds. The molecule has 0 atom stereocenters. The van der Waals surface area contributed by atoms with Crippen LogP contribution in [0.25, 0.3) is 17.0 Å². The third-order valence-corrected chi connectivity index (χ3v) is 2.49. The molecule has 0 radical (unpaired) electrons.